The van der Waals surface area contributed by atoms with E-state index in [1.165, 1.54) is 24.3 Å². The van der Waals surface area contributed by atoms with Gasteiger partial charge in [-0.3, -0.25) is 14.9 Å². The number of hydrogen-bond acceptors (Lipinski definition) is 2. The minimum Gasteiger partial charge on any atom is -0.298 e. The Labute approximate surface area is 99.0 Å². The minimum atomic E-state index is -0.977. The van der Waals surface area contributed by atoms with Crippen molar-refractivity contribution < 1.29 is 14.0 Å². The lowest BCUT2D eigenvalue weighted by Crippen LogP contribution is -2.35. The molecule has 88 valence electrons. The highest BCUT2D eigenvalue weighted by Crippen LogP contribution is 2.13. The summed E-state index contributed by atoms with van der Waals surface area (Å²) in [5.41, 5.74) is -0.367. The first kappa shape index (κ1) is 12.9. The van der Waals surface area contributed by atoms with Crippen molar-refractivity contribution in [3.05, 3.63) is 35.6 Å². The van der Waals surface area contributed by atoms with Crippen LogP contribution in [0.2, 0.25) is 0 Å². The van der Waals surface area contributed by atoms with Crippen LogP contribution in [0.5, 0.6) is 0 Å². The summed E-state index contributed by atoms with van der Waals surface area (Å²) in [6.45, 7) is 3.20. The van der Waals surface area contributed by atoms with Crippen molar-refractivity contribution in [1.82, 2.24) is 5.32 Å². The van der Waals surface area contributed by atoms with Gasteiger partial charge >= 0.3 is 0 Å². The number of halogens is 1. The molecule has 1 aromatic rings. The molecule has 0 atom stereocenters. The van der Waals surface area contributed by atoms with Crippen molar-refractivity contribution in [2.75, 3.05) is 0 Å². The molecule has 0 heterocycles. The fraction of sp³-hybridized carbons (Fsp3) is 0.231. The largest absolute Gasteiger partial charge is 0.298 e. The molecule has 3 nitrogen and oxygen atoms in total. The predicted molar refractivity (Wildman–Crippen MR) is 61.3 cm³/mol. The smallest absolute Gasteiger partial charge is 0.244 e. The molecule has 1 N–H and O–H groups in total. The molecule has 0 aliphatic rings. The Kier molecular flexibility index (Phi) is 4.00. The number of benzene rings is 1. The highest BCUT2D eigenvalue weighted by atomic mass is 19.1. The van der Waals surface area contributed by atoms with Crippen LogP contribution in [0.25, 0.3) is 0 Å². The Morgan fingerprint density at radius 2 is 1.94 bits per heavy atom. The fourth-order valence-corrected chi connectivity index (χ4v) is 1.05. The van der Waals surface area contributed by atoms with Gasteiger partial charge in [0.05, 0.1) is 0 Å². The maximum absolute atomic E-state index is 12.6. The average molecular weight is 233 g/mol. The highest BCUT2D eigenvalue weighted by molar-refractivity contribution is 5.92. The van der Waals surface area contributed by atoms with Crippen LogP contribution < -0.4 is 5.32 Å². The highest BCUT2D eigenvalue weighted by Gasteiger charge is 2.24. The van der Waals surface area contributed by atoms with Gasteiger partial charge in [0, 0.05) is 5.56 Å². The molecule has 0 radical (unpaired) electrons. The average Bonchev–Trinajstić information content (AvgIpc) is 2.29. The number of carbonyl (C=O) groups is 2. The molecule has 0 aliphatic carbocycles. The summed E-state index contributed by atoms with van der Waals surface area (Å²) in [5, 5.41) is 2.05. The van der Waals surface area contributed by atoms with Crippen LogP contribution in [-0.4, -0.2) is 12.3 Å². The molecule has 0 saturated carbocycles. The molecule has 0 spiro atoms. The van der Waals surface area contributed by atoms with Gasteiger partial charge in [0.25, 0.3) is 0 Å². The van der Waals surface area contributed by atoms with Gasteiger partial charge in [-0.1, -0.05) is 11.8 Å². The van der Waals surface area contributed by atoms with Crippen molar-refractivity contribution >= 4 is 12.3 Å². The van der Waals surface area contributed by atoms with E-state index in [0.717, 1.165) is 0 Å². The van der Waals surface area contributed by atoms with Crippen LogP contribution in [0.15, 0.2) is 24.3 Å². The van der Waals surface area contributed by atoms with Gasteiger partial charge in [-0.2, -0.15) is 0 Å². The first-order chi connectivity index (χ1) is 7.95. The molecule has 4 heteroatoms. The van der Waals surface area contributed by atoms with E-state index in [4.69, 9.17) is 0 Å². The summed E-state index contributed by atoms with van der Waals surface area (Å²) in [5.74, 6) is 4.68. The SMILES string of the molecule is CC(C)(C#Cc1ccc(F)cc1)C(=O)NC=O. The van der Waals surface area contributed by atoms with Gasteiger partial charge in [-0.15, -0.1) is 0 Å². The Bertz CT molecular complexity index is 480. The summed E-state index contributed by atoms with van der Waals surface area (Å²) < 4.78 is 12.6. The maximum Gasteiger partial charge on any atom is 0.244 e. The van der Waals surface area contributed by atoms with E-state index in [1.807, 2.05) is 5.32 Å². The van der Waals surface area contributed by atoms with Gasteiger partial charge in [-0.05, 0) is 38.1 Å². The lowest BCUT2D eigenvalue weighted by atomic mass is 9.93. The number of nitrogens with one attached hydrogen (secondary N) is 1. The van der Waals surface area contributed by atoms with E-state index in [-0.39, 0.29) is 5.82 Å². The van der Waals surface area contributed by atoms with Crippen molar-refractivity contribution in [2.45, 2.75) is 13.8 Å². The van der Waals surface area contributed by atoms with Gasteiger partial charge in [-0.25, -0.2) is 4.39 Å². The summed E-state index contributed by atoms with van der Waals surface area (Å²) in [7, 11) is 0. The molecule has 0 saturated heterocycles. The Hall–Kier alpha value is -2.15. The second-order valence-corrected chi connectivity index (χ2v) is 3.97. The number of carbonyl (C=O) groups excluding carboxylic acids is 2. The van der Waals surface area contributed by atoms with Crippen molar-refractivity contribution in [3.63, 3.8) is 0 Å². The van der Waals surface area contributed by atoms with Crippen molar-refractivity contribution in [3.8, 4) is 11.8 Å². The zero-order valence-electron chi connectivity index (χ0n) is 9.58. The van der Waals surface area contributed by atoms with Crippen LogP contribution in [0.3, 0.4) is 0 Å². The first-order valence-corrected chi connectivity index (χ1v) is 4.99. The van der Waals surface area contributed by atoms with E-state index in [2.05, 4.69) is 11.8 Å². The van der Waals surface area contributed by atoms with Crippen LogP contribution in [0, 0.1) is 23.1 Å². The molecular formula is C13H12FNO2. The lowest BCUT2D eigenvalue weighted by molar-refractivity contribution is -0.129. The number of rotatable bonds is 2. The van der Waals surface area contributed by atoms with Gasteiger partial charge in [0.2, 0.25) is 12.3 Å². The Balaban J connectivity index is 2.87. The molecule has 0 aromatic heterocycles. The van der Waals surface area contributed by atoms with Crippen LogP contribution in [0.1, 0.15) is 19.4 Å². The summed E-state index contributed by atoms with van der Waals surface area (Å²) >= 11 is 0. The molecule has 1 rings (SSSR count). The van der Waals surface area contributed by atoms with E-state index in [0.29, 0.717) is 12.0 Å². The molecule has 0 aliphatic heterocycles. The molecule has 0 unspecified atom stereocenters. The maximum atomic E-state index is 12.6. The summed E-state index contributed by atoms with van der Waals surface area (Å²) in [4.78, 5) is 21.6. The first-order valence-electron chi connectivity index (χ1n) is 4.99. The molecular weight excluding hydrogens is 221 g/mol. The van der Waals surface area contributed by atoms with Crippen LogP contribution in [0.4, 0.5) is 4.39 Å². The van der Waals surface area contributed by atoms with Gasteiger partial charge in [0.15, 0.2) is 0 Å². The predicted octanol–water partition coefficient (Wildman–Crippen LogP) is 1.48. The quantitative estimate of drug-likeness (QED) is 0.621. The molecule has 0 fully saturated rings. The summed E-state index contributed by atoms with van der Waals surface area (Å²) in [6, 6.07) is 5.64. The molecule has 17 heavy (non-hydrogen) atoms. The fourth-order valence-electron chi connectivity index (χ4n) is 1.05. The number of amides is 2. The van der Waals surface area contributed by atoms with E-state index in [1.54, 1.807) is 13.8 Å². The number of hydrogen-bond donors (Lipinski definition) is 1. The number of imide groups is 1. The second kappa shape index (κ2) is 5.26. The topological polar surface area (TPSA) is 46.2 Å². The van der Waals surface area contributed by atoms with Gasteiger partial charge < -0.3 is 0 Å². The van der Waals surface area contributed by atoms with Gasteiger partial charge in [0.1, 0.15) is 11.2 Å². The van der Waals surface area contributed by atoms with Crippen LogP contribution in [-0.2, 0) is 9.59 Å². The van der Waals surface area contributed by atoms with E-state index >= 15 is 0 Å². The monoisotopic (exact) mass is 233 g/mol. The van der Waals surface area contributed by atoms with E-state index < -0.39 is 11.3 Å². The lowest BCUT2D eigenvalue weighted by Gasteiger charge is -2.13. The second-order valence-electron chi connectivity index (χ2n) is 3.97. The van der Waals surface area contributed by atoms with Crippen LogP contribution >= 0.6 is 0 Å². The van der Waals surface area contributed by atoms with E-state index in [9.17, 15) is 14.0 Å². The Morgan fingerprint density at radius 3 is 2.47 bits per heavy atom. The molecule has 2 amide bonds. The third-order valence-corrected chi connectivity index (χ3v) is 2.12. The third-order valence-electron chi connectivity index (χ3n) is 2.12. The standard InChI is InChI=1S/C13H12FNO2/c1-13(2,12(17)15-9-16)8-7-10-3-5-11(14)6-4-10/h3-6,9H,1-2H3,(H,15,16,17). The molecule has 1 aromatic carbocycles. The third kappa shape index (κ3) is 3.72. The minimum absolute atomic E-state index is 0.323. The van der Waals surface area contributed by atoms with Crippen molar-refractivity contribution in [2.24, 2.45) is 5.41 Å². The summed E-state index contributed by atoms with van der Waals surface area (Å²) in [6.07, 6.45) is 0.323. The Morgan fingerprint density at radius 1 is 1.35 bits per heavy atom. The molecule has 0 bridgehead atoms. The zero-order chi connectivity index (χ0) is 12.9. The normalized spacial score (nSPS) is 10.1. The van der Waals surface area contributed by atoms with Crippen molar-refractivity contribution in [1.29, 1.82) is 0 Å². The zero-order valence-corrected chi connectivity index (χ0v) is 9.58.